The lowest BCUT2D eigenvalue weighted by atomic mass is 10.3. The number of rotatable bonds is 5. The summed E-state index contributed by atoms with van der Waals surface area (Å²) in [5.74, 6) is 0.242. The van der Waals surface area contributed by atoms with Gasteiger partial charge in [-0.05, 0) is 32.1 Å². The molecule has 0 saturated carbocycles. The van der Waals surface area contributed by atoms with Crippen LogP contribution in [-0.4, -0.2) is 30.3 Å². The van der Waals surface area contributed by atoms with Crippen LogP contribution >= 0.6 is 11.3 Å². The number of carbonyl (C=O) groups is 1. The molecule has 0 spiro atoms. The summed E-state index contributed by atoms with van der Waals surface area (Å²) >= 11 is 1.58. The molecular weight excluding hydrogens is 194 g/mol. The lowest BCUT2D eigenvalue weighted by Gasteiger charge is -2.15. The maximum Gasteiger partial charge on any atom is 0.186 e. The summed E-state index contributed by atoms with van der Waals surface area (Å²) in [6.45, 7) is 8.61. The van der Waals surface area contributed by atoms with Crippen molar-refractivity contribution in [2.75, 3.05) is 19.6 Å². The molecule has 0 aliphatic heterocycles. The summed E-state index contributed by atoms with van der Waals surface area (Å²) in [5.41, 5.74) is 0. The number of likely N-dealkylation sites (N-methyl/N-ethyl adjacent to an activating group) is 1. The number of hydrogen-bond donors (Lipinski definition) is 0. The Bertz CT molecular complexity index is 302. The Morgan fingerprint density at radius 1 is 1.36 bits per heavy atom. The standard InChI is InChI=1S/C11H17NOS/c1-4-12(5-2)8-10(13)11-7-6-9(3)14-11/h6-7H,4-5,8H2,1-3H3. The molecular formula is C11H17NOS. The van der Waals surface area contributed by atoms with Crippen molar-refractivity contribution in [1.29, 1.82) is 0 Å². The average molecular weight is 211 g/mol. The summed E-state index contributed by atoms with van der Waals surface area (Å²) in [7, 11) is 0. The first-order chi connectivity index (χ1) is 6.67. The van der Waals surface area contributed by atoms with Crippen LogP contribution in [0.5, 0.6) is 0 Å². The Hall–Kier alpha value is -0.670. The Labute approximate surface area is 89.5 Å². The molecule has 0 saturated heterocycles. The molecule has 0 fully saturated rings. The monoisotopic (exact) mass is 211 g/mol. The second kappa shape index (κ2) is 5.27. The fraction of sp³-hybridized carbons (Fsp3) is 0.545. The molecule has 0 aliphatic carbocycles. The number of thiophene rings is 1. The van der Waals surface area contributed by atoms with Gasteiger partial charge in [0.05, 0.1) is 11.4 Å². The van der Waals surface area contributed by atoms with E-state index in [1.165, 1.54) is 4.88 Å². The van der Waals surface area contributed by atoms with E-state index in [0.29, 0.717) is 6.54 Å². The van der Waals surface area contributed by atoms with Crippen molar-refractivity contribution in [3.63, 3.8) is 0 Å². The molecule has 0 bridgehead atoms. The molecule has 1 aromatic rings. The average Bonchev–Trinajstić information content (AvgIpc) is 2.61. The van der Waals surface area contributed by atoms with Crippen LogP contribution in [0.1, 0.15) is 28.4 Å². The van der Waals surface area contributed by atoms with Crippen molar-refractivity contribution in [3.8, 4) is 0 Å². The molecule has 1 rings (SSSR count). The Morgan fingerprint density at radius 3 is 2.43 bits per heavy atom. The Balaban J connectivity index is 2.58. The molecule has 0 amide bonds. The SMILES string of the molecule is CCN(CC)CC(=O)c1ccc(C)s1. The maximum absolute atomic E-state index is 11.8. The summed E-state index contributed by atoms with van der Waals surface area (Å²) in [5, 5.41) is 0. The zero-order chi connectivity index (χ0) is 10.6. The molecule has 0 N–H and O–H groups in total. The van der Waals surface area contributed by atoms with E-state index in [1.807, 2.05) is 19.1 Å². The van der Waals surface area contributed by atoms with Gasteiger partial charge >= 0.3 is 0 Å². The first-order valence-electron chi connectivity index (χ1n) is 4.99. The fourth-order valence-corrected chi connectivity index (χ4v) is 2.11. The highest BCUT2D eigenvalue weighted by Crippen LogP contribution is 2.15. The highest BCUT2D eigenvalue weighted by molar-refractivity contribution is 7.14. The van der Waals surface area contributed by atoms with Crippen molar-refractivity contribution in [1.82, 2.24) is 4.90 Å². The Morgan fingerprint density at radius 2 is 2.00 bits per heavy atom. The lowest BCUT2D eigenvalue weighted by Crippen LogP contribution is -2.29. The molecule has 1 aromatic heterocycles. The van der Waals surface area contributed by atoms with Crippen LogP contribution in [0.4, 0.5) is 0 Å². The van der Waals surface area contributed by atoms with Crippen LogP contribution in [0.15, 0.2) is 12.1 Å². The van der Waals surface area contributed by atoms with E-state index in [0.717, 1.165) is 18.0 Å². The summed E-state index contributed by atoms with van der Waals surface area (Å²) in [6.07, 6.45) is 0. The smallest absolute Gasteiger partial charge is 0.186 e. The molecule has 1 heterocycles. The van der Waals surface area contributed by atoms with E-state index < -0.39 is 0 Å². The number of hydrogen-bond acceptors (Lipinski definition) is 3. The van der Waals surface area contributed by atoms with E-state index in [1.54, 1.807) is 11.3 Å². The van der Waals surface area contributed by atoms with Gasteiger partial charge in [0.1, 0.15) is 0 Å². The number of Topliss-reactive ketones (excluding diaryl/α,β-unsaturated/α-hetero) is 1. The molecule has 2 nitrogen and oxygen atoms in total. The number of carbonyl (C=O) groups excluding carboxylic acids is 1. The van der Waals surface area contributed by atoms with E-state index in [-0.39, 0.29) is 5.78 Å². The first kappa shape index (κ1) is 11.4. The zero-order valence-electron chi connectivity index (χ0n) is 9.04. The highest BCUT2D eigenvalue weighted by atomic mass is 32.1. The molecule has 0 atom stereocenters. The van der Waals surface area contributed by atoms with Crippen LogP contribution in [-0.2, 0) is 0 Å². The van der Waals surface area contributed by atoms with Crippen LogP contribution in [0.25, 0.3) is 0 Å². The van der Waals surface area contributed by atoms with Crippen LogP contribution < -0.4 is 0 Å². The van der Waals surface area contributed by atoms with Gasteiger partial charge in [-0.15, -0.1) is 11.3 Å². The van der Waals surface area contributed by atoms with Crippen LogP contribution in [0.3, 0.4) is 0 Å². The van der Waals surface area contributed by atoms with Gasteiger partial charge in [-0.25, -0.2) is 0 Å². The number of aryl methyl sites for hydroxylation is 1. The van der Waals surface area contributed by atoms with Crippen molar-refractivity contribution < 1.29 is 4.79 Å². The topological polar surface area (TPSA) is 20.3 Å². The van der Waals surface area contributed by atoms with Gasteiger partial charge in [0.2, 0.25) is 0 Å². The van der Waals surface area contributed by atoms with E-state index in [9.17, 15) is 4.79 Å². The van der Waals surface area contributed by atoms with Crippen LogP contribution in [0, 0.1) is 6.92 Å². The maximum atomic E-state index is 11.8. The Kier molecular flexibility index (Phi) is 4.29. The highest BCUT2D eigenvalue weighted by Gasteiger charge is 2.11. The molecule has 14 heavy (non-hydrogen) atoms. The third kappa shape index (κ3) is 2.93. The second-order valence-electron chi connectivity index (χ2n) is 3.29. The third-order valence-corrected chi connectivity index (χ3v) is 3.32. The molecule has 0 unspecified atom stereocenters. The van der Waals surface area contributed by atoms with Crippen LogP contribution in [0.2, 0.25) is 0 Å². The van der Waals surface area contributed by atoms with Gasteiger partial charge in [-0.2, -0.15) is 0 Å². The zero-order valence-corrected chi connectivity index (χ0v) is 9.86. The summed E-state index contributed by atoms with van der Waals surface area (Å²) in [6, 6.07) is 3.92. The van der Waals surface area contributed by atoms with Gasteiger partial charge in [-0.3, -0.25) is 9.69 Å². The third-order valence-electron chi connectivity index (χ3n) is 2.28. The fourth-order valence-electron chi connectivity index (χ4n) is 1.31. The van der Waals surface area contributed by atoms with Crippen molar-refractivity contribution in [2.45, 2.75) is 20.8 Å². The predicted octanol–water partition coefficient (Wildman–Crippen LogP) is 2.58. The normalized spacial score (nSPS) is 10.9. The minimum atomic E-state index is 0.242. The van der Waals surface area contributed by atoms with Crippen molar-refractivity contribution in [2.24, 2.45) is 0 Å². The second-order valence-corrected chi connectivity index (χ2v) is 4.58. The lowest BCUT2D eigenvalue weighted by molar-refractivity contribution is 0.0941. The minimum Gasteiger partial charge on any atom is -0.296 e. The van der Waals surface area contributed by atoms with Gasteiger partial charge in [0.15, 0.2) is 5.78 Å². The van der Waals surface area contributed by atoms with Gasteiger partial charge in [0.25, 0.3) is 0 Å². The van der Waals surface area contributed by atoms with Gasteiger partial charge < -0.3 is 0 Å². The largest absolute Gasteiger partial charge is 0.296 e. The first-order valence-corrected chi connectivity index (χ1v) is 5.81. The van der Waals surface area contributed by atoms with E-state index in [4.69, 9.17) is 0 Å². The molecule has 0 aliphatic rings. The van der Waals surface area contributed by atoms with E-state index >= 15 is 0 Å². The van der Waals surface area contributed by atoms with Gasteiger partial charge in [-0.1, -0.05) is 13.8 Å². The number of ketones is 1. The molecule has 0 aromatic carbocycles. The summed E-state index contributed by atoms with van der Waals surface area (Å²) < 4.78 is 0. The summed E-state index contributed by atoms with van der Waals surface area (Å²) in [4.78, 5) is 16.0. The predicted molar refractivity (Wildman–Crippen MR) is 61.2 cm³/mol. The molecule has 3 heteroatoms. The number of nitrogens with zero attached hydrogens (tertiary/aromatic N) is 1. The van der Waals surface area contributed by atoms with Crippen molar-refractivity contribution in [3.05, 3.63) is 21.9 Å². The molecule has 78 valence electrons. The van der Waals surface area contributed by atoms with Crippen molar-refractivity contribution >= 4 is 17.1 Å². The molecule has 0 radical (unpaired) electrons. The quantitative estimate of drug-likeness (QED) is 0.698. The van der Waals surface area contributed by atoms with Gasteiger partial charge in [0, 0.05) is 4.88 Å². The van der Waals surface area contributed by atoms with E-state index in [2.05, 4.69) is 18.7 Å². The minimum absolute atomic E-state index is 0.242.